The van der Waals surface area contributed by atoms with Gasteiger partial charge in [0.1, 0.15) is 11.6 Å². The molecule has 0 spiro atoms. The van der Waals surface area contributed by atoms with Crippen LogP contribution < -0.4 is 0 Å². The number of hydrogen-bond donors (Lipinski definition) is 0. The van der Waals surface area contributed by atoms with E-state index in [0.717, 1.165) is 6.08 Å². The minimum absolute atomic E-state index is 0.102. The first-order chi connectivity index (χ1) is 5.11. The fourth-order valence-electron chi connectivity index (χ4n) is 0.516. The van der Waals surface area contributed by atoms with Crippen molar-refractivity contribution in [3.05, 3.63) is 24.4 Å². The summed E-state index contributed by atoms with van der Waals surface area (Å²) in [5.41, 5.74) is 0.102. The normalized spacial score (nSPS) is 10.1. The number of carbonyl (C=O) groups excluding carboxylic acids is 1. The van der Waals surface area contributed by atoms with Gasteiger partial charge in [0.2, 0.25) is 0 Å². The highest BCUT2D eigenvalue weighted by molar-refractivity contribution is 6.06. The second-order valence-electron chi connectivity index (χ2n) is 2.19. The van der Waals surface area contributed by atoms with Crippen LogP contribution >= 0.6 is 0 Å². The average molecular weight is 150 g/mol. The first kappa shape index (κ1) is 9.44. The molecule has 3 nitrogen and oxygen atoms in total. The van der Waals surface area contributed by atoms with Crippen molar-refractivity contribution in [1.82, 2.24) is 4.90 Å². The summed E-state index contributed by atoms with van der Waals surface area (Å²) in [6, 6.07) is 1.78. The first-order valence-corrected chi connectivity index (χ1v) is 3.07. The maximum absolute atomic E-state index is 10.8. The van der Waals surface area contributed by atoms with Gasteiger partial charge in [-0.1, -0.05) is 6.58 Å². The molecule has 0 aromatic heterocycles. The number of nitrogens with zero attached hydrogens (tertiary/aromatic N) is 2. The number of carbonyl (C=O) groups is 1. The molecular weight excluding hydrogens is 140 g/mol. The van der Waals surface area contributed by atoms with Gasteiger partial charge < -0.3 is 4.90 Å². The predicted octanol–water partition coefficient (Wildman–Crippen LogP) is 0.711. The van der Waals surface area contributed by atoms with E-state index in [9.17, 15) is 4.79 Å². The summed E-state index contributed by atoms with van der Waals surface area (Å²) in [6.07, 6.45) is 2.59. The second kappa shape index (κ2) is 4.29. The van der Waals surface area contributed by atoms with Crippen molar-refractivity contribution < 1.29 is 4.79 Å². The molecule has 0 atom stereocenters. The molecule has 0 rings (SSSR count). The summed E-state index contributed by atoms with van der Waals surface area (Å²) < 4.78 is 0. The quantitative estimate of drug-likeness (QED) is 0.439. The molecule has 3 heteroatoms. The molecule has 0 bridgehead atoms. The molecule has 0 amide bonds. The Morgan fingerprint density at radius 1 is 1.64 bits per heavy atom. The van der Waals surface area contributed by atoms with E-state index < -0.39 is 0 Å². The van der Waals surface area contributed by atoms with Crippen molar-refractivity contribution >= 4 is 5.78 Å². The van der Waals surface area contributed by atoms with E-state index >= 15 is 0 Å². The third-order valence-electron chi connectivity index (χ3n) is 0.959. The number of ketones is 1. The molecule has 0 aliphatic rings. The average Bonchev–Trinajstić information content (AvgIpc) is 1.98. The molecule has 0 aromatic rings. The molecular formula is C8H10N2O. The zero-order valence-electron chi connectivity index (χ0n) is 6.66. The van der Waals surface area contributed by atoms with Crippen molar-refractivity contribution in [3.8, 4) is 6.07 Å². The Hall–Kier alpha value is -1.56. The van der Waals surface area contributed by atoms with Crippen LogP contribution in [-0.4, -0.2) is 24.8 Å². The summed E-state index contributed by atoms with van der Waals surface area (Å²) in [5.74, 6) is -0.346. The van der Waals surface area contributed by atoms with Gasteiger partial charge in [0.15, 0.2) is 5.78 Å². The molecule has 0 heterocycles. The third-order valence-corrected chi connectivity index (χ3v) is 0.959. The fraction of sp³-hybridized carbons (Fsp3) is 0.250. The Morgan fingerprint density at radius 3 is 2.45 bits per heavy atom. The number of allylic oxidation sites excluding steroid dienone is 2. The molecule has 0 saturated carbocycles. The van der Waals surface area contributed by atoms with E-state index in [-0.39, 0.29) is 11.4 Å². The summed E-state index contributed by atoms with van der Waals surface area (Å²) in [6.45, 7) is 3.28. The molecule has 0 fully saturated rings. The van der Waals surface area contributed by atoms with Crippen molar-refractivity contribution in [2.24, 2.45) is 0 Å². The van der Waals surface area contributed by atoms with Gasteiger partial charge in [0.25, 0.3) is 0 Å². The molecule has 58 valence electrons. The fourth-order valence-corrected chi connectivity index (χ4v) is 0.516. The van der Waals surface area contributed by atoms with Crippen molar-refractivity contribution in [2.75, 3.05) is 14.1 Å². The highest BCUT2D eigenvalue weighted by Crippen LogP contribution is 1.95. The molecule has 0 N–H and O–H groups in total. The highest BCUT2D eigenvalue weighted by atomic mass is 16.1. The Labute approximate surface area is 66.2 Å². The molecule has 11 heavy (non-hydrogen) atoms. The molecule has 0 aliphatic heterocycles. The Morgan fingerprint density at radius 2 is 2.18 bits per heavy atom. The van der Waals surface area contributed by atoms with Crippen LogP contribution in [0.2, 0.25) is 0 Å². The molecule has 0 aromatic carbocycles. The zero-order valence-corrected chi connectivity index (χ0v) is 6.66. The van der Waals surface area contributed by atoms with Gasteiger partial charge in [0.05, 0.1) is 0 Å². The minimum atomic E-state index is -0.346. The van der Waals surface area contributed by atoms with E-state index in [2.05, 4.69) is 6.58 Å². The van der Waals surface area contributed by atoms with Gasteiger partial charge in [-0.25, -0.2) is 0 Å². The highest BCUT2D eigenvalue weighted by Gasteiger charge is 2.02. The van der Waals surface area contributed by atoms with Crippen LogP contribution in [0.5, 0.6) is 0 Å². The maximum Gasteiger partial charge on any atom is 0.197 e. The lowest BCUT2D eigenvalue weighted by atomic mass is 10.2. The van der Waals surface area contributed by atoms with Crippen molar-refractivity contribution in [3.63, 3.8) is 0 Å². The van der Waals surface area contributed by atoms with Gasteiger partial charge in [-0.3, -0.25) is 4.79 Å². The molecule has 0 unspecified atom stereocenters. The van der Waals surface area contributed by atoms with Crippen LogP contribution in [0, 0.1) is 11.3 Å². The monoisotopic (exact) mass is 150 g/mol. The van der Waals surface area contributed by atoms with E-state index in [0.29, 0.717) is 0 Å². The summed E-state index contributed by atoms with van der Waals surface area (Å²) in [4.78, 5) is 12.5. The van der Waals surface area contributed by atoms with Crippen LogP contribution in [0.15, 0.2) is 24.4 Å². The Kier molecular flexibility index (Phi) is 3.68. The summed E-state index contributed by atoms with van der Waals surface area (Å²) in [7, 11) is 3.49. The zero-order chi connectivity index (χ0) is 8.85. The largest absolute Gasteiger partial charge is 0.382 e. The van der Waals surface area contributed by atoms with E-state index in [1.165, 1.54) is 6.20 Å². The lowest BCUT2D eigenvalue weighted by Gasteiger charge is -2.03. The van der Waals surface area contributed by atoms with E-state index in [1.807, 2.05) is 0 Å². The van der Waals surface area contributed by atoms with E-state index in [1.54, 1.807) is 25.1 Å². The SMILES string of the molecule is C=CC(=O)C(C#N)=CN(C)C. The lowest BCUT2D eigenvalue weighted by molar-refractivity contribution is -0.111. The number of rotatable bonds is 3. The van der Waals surface area contributed by atoms with Crippen LogP contribution in [0.25, 0.3) is 0 Å². The molecule has 0 radical (unpaired) electrons. The lowest BCUT2D eigenvalue weighted by Crippen LogP contribution is -2.06. The summed E-state index contributed by atoms with van der Waals surface area (Å²) >= 11 is 0. The number of nitriles is 1. The second-order valence-corrected chi connectivity index (χ2v) is 2.19. The van der Waals surface area contributed by atoms with Gasteiger partial charge in [-0.05, 0) is 6.08 Å². The van der Waals surface area contributed by atoms with Crippen LogP contribution in [0.1, 0.15) is 0 Å². The number of hydrogen-bond acceptors (Lipinski definition) is 3. The smallest absolute Gasteiger partial charge is 0.197 e. The van der Waals surface area contributed by atoms with Crippen molar-refractivity contribution in [2.45, 2.75) is 0 Å². The minimum Gasteiger partial charge on any atom is -0.382 e. The van der Waals surface area contributed by atoms with Gasteiger partial charge in [0, 0.05) is 20.3 Å². The molecule has 0 aliphatic carbocycles. The Balaban J connectivity index is 4.56. The van der Waals surface area contributed by atoms with Crippen LogP contribution in [-0.2, 0) is 4.79 Å². The molecule has 0 saturated heterocycles. The van der Waals surface area contributed by atoms with Gasteiger partial charge >= 0.3 is 0 Å². The standard InChI is InChI=1S/C8H10N2O/c1-4-8(11)7(5-9)6-10(2)3/h4,6H,1H2,2-3H3. The van der Waals surface area contributed by atoms with E-state index in [4.69, 9.17) is 5.26 Å². The van der Waals surface area contributed by atoms with Crippen LogP contribution in [0.4, 0.5) is 0 Å². The predicted molar refractivity (Wildman–Crippen MR) is 42.6 cm³/mol. The van der Waals surface area contributed by atoms with Gasteiger partial charge in [-0.15, -0.1) is 0 Å². The summed E-state index contributed by atoms with van der Waals surface area (Å²) in [5, 5.41) is 8.46. The Bertz CT molecular complexity index is 233. The third kappa shape index (κ3) is 3.21. The van der Waals surface area contributed by atoms with Gasteiger partial charge in [-0.2, -0.15) is 5.26 Å². The first-order valence-electron chi connectivity index (χ1n) is 3.07. The van der Waals surface area contributed by atoms with Crippen molar-refractivity contribution in [1.29, 1.82) is 5.26 Å². The topological polar surface area (TPSA) is 44.1 Å². The maximum atomic E-state index is 10.8. The van der Waals surface area contributed by atoms with Crippen LogP contribution in [0.3, 0.4) is 0 Å².